The molecule has 18 heteroatoms. The summed E-state index contributed by atoms with van der Waals surface area (Å²) in [6.07, 6.45) is -15.1. The van der Waals surface area contributed by atoms with E-state index in [1.54, 1.807) is 0 Å². The predicted octanol–water partition coefficient (Wildman–Crippen LogP) is -1.44. The van der Waals surface area contributed by atoms with Crippen LogP contribution in [0.25, 0.3) is 0 Å². The van der Waals surface area contributed by atoms with Gasteiger partial charge in [-0.1, -0.05) is 0 Å². The van der Waals surface area contributed by atoms with E-state index in [1.165, 1.54) is 0 Å². The van der Waals surface area contributed by atoms with Gasteiger partial charge in [-0.3, -0.25) is 33.6 Å². The van der Waals surface area contributed by atoms with Gasteiger partial charge in [0.1, 0.15) is 37.8 Å². The van der Waals surface area contributed by atoms with Gasteiger partial charge in [0.05, 0.1) is 0 Å². The van der Waals surface area contributed by atoms with Gasteiger partial charge >= 0.3 is 41.8 Å². The average molecular weight is 636 g/mol. The molecule has 0 aromatic rings. The number of hydrogen-bond acceptors (Lipinski definition) is 18. The number of carbonyl (C=O) groups excluding carboxylic acids is 7. The fraction of sp³-hybridized carbons (Fsp3) is 0.731. The molecule has 0 amide bonds. The van der Waals surface area contributed by atoms with Gasteiger partial charge in [-0.2, -0.15) is 0 Å². The SMILES string of the molecule is CC(=O)OCC1O[C@@H](N)C(OC(C)=O)[C@@H](OC(C)=O)[C@@H]1O[C@@H]1OC(COC(C)=O)[C@H](OC(C)=O)[C@H](OC(C)=O)C1OC(C)=O. The van der Waals surface area contributed by atoms with Crippen molar-refractivity contribution in [1.29, 1.82) is 0 Å². The summed E-state index contributed by atoms with van der Waals surface area (Å²) in [5, 5.41) is 0. The van der Waals surface area contributed by atoms with Gasteiger partial charge in [-0.05, 0) is 0 Å². The molecule has 0 spiro atoms. The Bertz CT molecular complexity index is 1090. The minimum Gasteiger partial charge on any atom is -0.463 e. The quantitative estimate of drug-likeness (QED) is 0.202. The lowest BCUT2D eigenvalue weighted by atomic mass is 9.95. The third-order valence-electron chi connectivity index (χ3n) is 5.96. The van der Waals surface area contributed by atoms with Crippen LogP contribution < -0.4 is 5.73 Å². The van der Waals surface area contributed by atoms with Gasteiger partial charge in [0, 0.05) is 48.5 Å². The van der Waals surface area contributed by atoms with Crippen molar-refractivity contribution in [2.24, 2.45) is 5.73 Å². The maximum Gasteiger partial charge on any atom is 0.303 e. The Labute approximate surface area is 251 Å². The van der Waals surface area contributed by atoms with E-state index >= 15 is 0 Å². The Morgan fingerprint density at radius 3 is 1.27 bits per heavy atom. The van der Waals surface area contributed by atoms with Gasteiger partial charge in [0.15, 0.2) is 36.8 Å². The van der Waals surface area contributed by atoms with Crippen LogP contribution in [0.3, 0.4) is 0 Å². The number of ether oxygens (including phenoxy) is 10. The molecule has 0 aliphatic carbocycles. The van der Waals surface area contributed by atoms with Crippen LogP contribution in [-0.2, 0) is 80.9 Å². The topological polar surface area (TPSA) is 238 Å². The van der Waals surface area contributed by atoms with Gasteiger partial charge < -0.3 is 53.1 Å². The molecule has 0 aromatic heterocycles. The molecule has 4 unspecified atom stereocenters. The molecule has 248 valence electrons. The summed E-state index contributed by atoms with van der Waals surface area (Å²) in [5.41, 5.74) is 6.07. The first-order chi connectivity index (χ1) is 20.5. The van der Waals surface area contributed by atoms with Crippen LogP contribution in [0.4, 0.5) is 0 Å². The van der Waals surface area contributed by atoms with Crippen molar-refractivity contribution in [1.82, 2.24) is 0 Å². The number of nitrogens with two attached hydrogens (primary N) is 1. The standard InChI is InChI=1S/C26H37NO17/c1-10(28)35-8-17-20(21(38-13(4)31)23(25(27)42-17)40-15(6)33)44-26-24(41-16(7)34)22(39-14(5)32)19(37-12(3)30)18(43-26)9-36-11(2)29/h17-26H,8-9,27H2,1-7H3/t17?,18?,19-,20+,21-,22-,23?,24?,25+,26-/m0/s1. The van der Waals surface area contributed by atoms with E-state index in [0.29, 0.717) is 0 Å². The van der Waals surface area contributed by atoms with E-state index in [1.807, 2.05) is 0 Å². The maximum absolute atomic E-state index is 12.2. The molecule has 2 aliphatic heterocycles. The van der Waals surface area contributed by atoms with E-state index in [0.717, 1.165) is 48.5 Å². The van der Waals surface area contributed by atoms with Gasteiger partial charge in [-0.25, -0.2) is 0 Å². The molecule has 0 saturated carbocycles. The molecular formula is C26H37NO17. The lowest BCUT2D eigenvalue weighted by Crippen LogP contribution is -2.68. The van der Waals surface area contributed by atoms with Crippen molar-refractivity contribution >= 4 is 41.8 Å². The molecule has 2 rings (SSSR count). The van der Waals surface area contributed by atoms with Crippen molar-refractivity contribution in [3.05, 3.63) is 0 Å². The molecule has 0 aromatic carbocycles. The van der Waals surface area contributed by atoms with Crippen molar-refractivity contribution in [2.75, 3.05) is 13.2 Å². The highest BCUT2D eigenvalue weighted by molar-refractivity contribution is 5.69. The van der Waals surface area contributed by atoms with Crippen molar-refractivity contribution in [3.8, 4) is 0 Å². The Morgan fingerprint density at radius 1 is 0.477 bits per heavy atom. The molecule has 2 aliphatic rings. The summed E-state index contributed by atoms with van der Waals surface area (Å²) in [6.45, 7) is 6.39. The fourth-order valence-corrected chi connectivity index (χ4v) is 4.55. The lowest BCUT2D eigenvalue weighted by molar-refractivity contribution is -0.344. The minimum atomic E-state index is -1.76. The zero-order valence-electron chi connectivity index (χ0n) is 25.2. The second-order valence-electron chi connectivity index (χ2n) is 9.76. The number of esters is 7. The molecule has 2 N–H and O–H groups in total. The average Bonchev–Trinajstić information content (AvgIpc) is 2.87. The largest absolute Gasteiger partial charge is 0.463 e. The summed E-state index contributed by atoms with van der Waals surface area (Å²) in [5.74, 6) is -5.79. The van der Waals surface area contributed by atoms with E-state index in [9.17, 15) is 33.6 Å². The van der Waals surface area contributed by atoms with Crippen LogP contribution in [0, 0.1) is 0 Å². The fourth-order valence-electron chi connectivity index (χ4n) is 4.55. The van der Waals surface area contributed by atoms with Gasteiger partial charge in [-0.15, -0.1) is 0 Å². The predicted molar refractivity (Wildman–Crippen MR) is 137 cm³/mol. The molecule has 18 nitrogen and oxygen atoms in total. The third-order valence-corrected chi connectivity index (χ3v) is 5.96. The molecule has 0 radical (unpaired) electrons. The van der Waals surface area contributed by atoms with E-state index in [2.05, 4.69) is 0 Å². The first-order valence-corrected chi connectivity index (χ1v) is 13.3. The van der Waals surface area contributed by atoms with Crippen LogP contribution in [0.15, 0.2) is 0 Å². The summed E-state index contributed by atoms with van der Waals surface area (Å²) >= 11 is 0. The molecule has 10 atom stereocenters. The molecular weight excluding hydrogens is 598 g/mol. The molecule has 0 bridgehead atoms. The highest BCUT2D eigenvalue weighted by Gasteiger charge is 2.57. The summed E-state index contributed by atoms with van der Waals surface area (Å²) in [7, 11) is 0. The number of hydrogen-bond donors (Lipinski definition) is 1. The molecule has 2 heterocycles. The first kappa shape index (κ1) is 36.3. The zero-order chi connectivity index (χ0) is 33.3. The number of carbonyl (C=O) groups is 7. The second-order valence-corrected chi connectivity index (χ2v) is 9.76. The van der Waals surface area contributed by atoms with Crippen LogP contribution in [-0.4, -0.2) is 116 Å². The Morgan fingerprint density at radius 2 is 0.841 bits per heavy atom. The van der Waals surface area contributed by atoms with Crippen LogP contribution in [0.1, 0.15) is 48.5 Å². The van der Waals surface area contributed by atoms with Gasteiger partial charge in [0.25, 0.3) is 0 Å². The summed E-state index contributed by atoms with van der Waals surface area (Å²) in [6, 6.07) is 0. The lowest BCUT2D eigenvalue weighted by Gasteiger charge is -2.48. The molecule has 2 saturated heterocycles. The maximum atomic E-state index is 12.2. The van der Waals surface area contributed by atoms with E-state index in [4.69, 9.17) is 53.1 Å². The Balaban J connectivity index is 2.66. The normalized spacial score (nSPS) is 31.5. The second kappa shape index (κ2) is 16.3. The van der Waals surface area contributed by atoms with E-state index in [-0.39, 0.29) is 0 Å². The molecule has 44 heavy (non-hydrogen) atoms. The minimum absolute atomic E-state index is 0.510. The third kappa shape index (κ3) is 10.7. The smallest absolute Gasteiger partial charge is 0.303 e. The van der Waals surface area contributed by atoms with Gasteiger partial charge in [0.2, 0.25) is 0 Å². The van der Waals surface area contributed by atoms with Crippen LogP contribution in [0.5, 0.6) is 0 Å². The highest BCUT2D eigenvalue weighted by atomic mass is 16.8. The Hall–Kier alpha value is -3.87. The summed E-state index contributed by atoms with van der Waals surface area (Å²) in [4.78, 5) is 83.6. The molecule has 2 fully saturated rings. The van der Waals surface area contributed by atoms with Crippen molar-refractivity contribution in [2.45, 2.75) is 110 Å². The summed E-state index contributed by atoms with van der Waals surface area (Å²) < 4.78 is 54.8. The van der Waals surface area contributed by atoms with Crippen LogP contribution >= 0.6 is 0 Å². The van der Waals surface area contributed by atoms with Crippen LogP contribution in [0.2, 0.25) is 0 Å². The van der Waals surface area contributed by atoms with Crippen molar-refractivity contribution < 1.29 is 80.9 Å². The first-order valence-electron chi connectivity index (χ1n) is 13.3. The zero-order valence-corrected chi connectivity index (χ0v) is 25.2. The van der Waals surface area contributed by atoms with E-state index < -0.39 is 116 Å². The Kier molecular flexibility index (Phi) is 13.4. The highest BCUT2D eigenvalue weighted by Crippen LogP contribution is 2.34. The number of rotatable bonds is 11. The monoisotopic (exact) mass is 635 g/mol. The van der Waals surface area contributed by atoms with Crippen molar-refractivity contribution in [3.63, 3.8) is 0 Å².